The van der Waals surface area contributed by atoms with Crippen LogP contribution in [0.4, 0.5) is 0 Å². The lowest BCUT2D eigenvalue weighted by Crippen LogP contribution is -2.00. The molecule has 1 N–H and O–H groups in total. The smallest absolute Gasteiger partial charge is 0.330 e. The predicted molar refractivity (Wildman–Crippen MR) is 64.4 cm³/mol. The van der Waals surface area contributed by atoms with Gasteiger partial charge in [0, 0.05) is 12.2 Å². The summed E-state index contributed by atoms with van der Waals surface area (Å²) in [7, 11) is 0. The molecule has 0 rings (SSSR count). The Bertz CT molecular complexity index is 256. The molecule has 0 aromatic rings. The van der Waals surface area contributed by atoms with E-state index in [2.05, 4.69) is 25.2 Å². The fourth-order valence-electron chi connectivity index (χ4n) is 0.590. The Kier molecular flexibility index (Phi) is 12.7. The van der Waals surface area contributed by atoms with Gasteiger partial charge in [0.05, 0.1) is 19.5 Å². The fourth-order valence-corrected chi connectivity index (χ4v) is 0.590. The highest BCUT2D eigenvalue weighted by Gasteiger charge is 1.94. The van der Waals surface area contributed by atoms with E-state index in [1.54, 1.807) is 6.92 Å². The molecule has 0 radical (unpaired) electrons. The monoisotopic (exact) mass is 244 g/mol. The summed E-state index contributed by atoms with van der Waals surface area (Å²) in [4.78, 5) is 20.2. The number of esters is 1. The van der Waals surface area contributed by atoms with Crippen molar-refractivity contribution in [3.8, 4) is 0 Å². The number of carbonyl (C=O) groups is 2. The Labute approximate surface area is 102 Å². The average Bonchev–Trinajstić information content (AvgIpc) is 2.25. The first kappa shape index (κ1) is 17.6. The lowest BCUT2D eigenvalue weighted by molar-refractivity contribution is -0.138. The summed E-state index contributed by atoms with van der Waals surface area (Å²) in [6, 6.07) is 0. The highest BCUT2D eigenvalue weighted by Crippen LogP contribution is 1.90. The van der Waals surface area contributed by atoms with E-state index in [-0.39, 0.29) is 6.61 Å². The van der Waals surface area contributed by atoms with Gasteiger partial charge in [0.2, 0.25) is 0 Å². The Balaban J connectivity index is 0. The summed E-state index contributed by atoms with van der Waals surface area (Å²) in [6.07, 6.45) is 3.07. The van der Waals surface area contributed by atoms with Gasteiger partial charge in [-0.3, -0.25) is 0 Å². The standard InChI is InChI=1S/C6H8O4.C6H12O/c1-2-10-6(9)4-3-5(7)8;1-4-7-5-6(2)3/h3-4H,2H2,1H3,(H,7,8);4,6H,1,5H2,2-3H3. The zero-order valence-corrected chi connectivity index (χ0v) is 10.5. The minimum atomic E-state index is -1.16. The van der Waals surface area contributed by atoms with Gasteiger partial charge in [0.1, 0.15) is 0 Å². The zero-order valence-electron chi connectivity index (χ0n) is 10.5. The van der Waals surface area contributed by atoms with E-state index in [0.29, 0.717) is 5.92 Å². The van der Waals surface area contributed by atoms with Crippen molar-refractivity contribution in [3.63, 3.8) is 0 Å². The first-order valence-corrected chi connectivity index (χ1v) is 5.24. The Morgan fingerprint density at radius 1 is 1.35 bits per heavy atom. The summed E-state index contributed by atoms with van der Waals surface area (Å²) >= 11 is 0. The molecule has 5 heteroatoms. The van der Waals surface area contributed by atoms with Gasteiger partial charge in [0.15, 0.2) is 0 Å². The SMILES string of the molecule is C=COCC(C)C.CCOC(=O)C=CC(=O)O. The Morgan fingerprint density at radius 2 is 1.94 bits per heavy atom. The van der Waals surface area contributed by atoms with E-state index in [1.807, 2.05) is 0 Å². The van der Waals surface area contributed by atoms with Crippen molar-refractivity contribution in [2.75, 3.05) is 13.2 Å². The van der Waals surface area contributed by atoms with E-state index in [9.17, 15) is 9.59 Å². The molecule has 17 heavy (non-hydrogen) atoms. The molecule has 98 valence electrons. The molecular weight excluding hydrogens is 224 g/mol. The largest absolute Gasteiger partial charge is 0.502 e. The van der Waals surface area contributed by atoms with Crippen LogP contribution in [0.15, 0.2) is 25.0 Å². The number of carbonyl (C=O) groups excluding carboxylic acids is 1. The predicted octanol–water partition coefficient (Wildman–Crippen LogP) is 1.99. The van der Waals surface area contributed by atoms with E-state index in [0.717, 1.165) is 18.8 Å². The number of rotatable bonds is 6. The van der Waals surface area contributed by atoms with Crippen molar-refractivity contribution >= 4 is 11.9 Å². The molecule has 0 aliphatic heterocycles. The van der Waals surface area contributed by atoms with Crippen LogP contribution in [0.3, 0.4) is 0 Å². The van der Waals surface area contributed by atoms with Gasteiger partial charge in [-0.05, 0) is 12.8 Å². The van der Waals surface area contributed by atoms with Gasteiger partial charge in [-0.25, -0.2) is 9.59 Å². The van der Waals surface area contributed by atoms with Crippen LogP contribution in [-0.2, 0) is 19.1 Å². The van der Waals surface area contributed by atoms with E-state index >= 15 is 0 Å². The number of hydrogen-bond acceptors (Lipinski definition) is 4. The second-order valence-corrected chi connectivity index (χ2v) is 3.32. The molecule has 0 fully saturated rings. The third kappa shape index (κ3) is 20.3. The number of ether oxygens (including phenoxy) is 2. The second-order valence-electron chi connectivity index (χ2n) is 3.32. The molecule has 0 aromatic heterocycles. The van der Waals surface area contributed by atoms with Gasteiger partial charge in [-0.15, -0.1) is 0 Å². The summed E-state index contributed by atoms with van der Waals surface area (Å²) < 4.78 is 9.26. The zero-order chi connectivity index (χ0) is 13.7. The summed E-state index contributed by atoms with van der Waals surface area (Å²) in [5, 5.41) is 8.04. The molecule has 0 aliphatic rings. The van der Waals surface area contributed by atoms with Gasteiger partial charge >= 0.3 is 11.9 Å². The first-order valence-electron chi connectivity index (χ1n) is 5.24. The van der Waals surface area contributed by atoms with Crippen molar-refractivity contribution in [2.24, 2.45) is 5.92 Å². The van der Waals surface area contributed by atoms with Crippen molar-refractivity contribution in [1.29, 1.82) is 0 Å². The fraction of sp³-hybridized carbons (Fsp3) is 0.500. The molecule has 0 atom stereocenters. The number of carboxylic acid groups (broad SMARTS) is 1. The van der Waals surface area contributed by atoms with Gasteiger partial charge < -0.3 is 14.6 Å². The van der Waals surface area contributed by atoms with Crippen LogP contribution in [0.25, 0.3) is 0 Å². The van der Waals surface area contributed by atoms with Crippen LogP contribution < -0.4 is 0 Å². The van der Waals surface area contributed by atoms with Crippen molar-refractivity contribution in [3.05, 3.63) is 25.0 Å². The minimum Gasteiger partial charge on any atom is -0.502 e. The van der Waals surface area contributed by atoms with Crippen LogP contribution >= 0.6 is 0 Å². The molecule has 0 heterocycles. The number of aliphatic carboxylic acids is 1. The summed E-state index contributed by atoms with van der Waals surface area (Å²) in [5.41, 5.74) is 0. The van der Waals surface area contributed by atoms with Crippen LogP contribution in [0.5, 0.6) is 0 Å². The van der Waals surface area contributed by atoms with Crippen molar-refractivity contribution in [2.45, 2.75) is 20.8 Å². The van der Waals surface area contributed by atoms with Crippen LogP contribution in [-0.4, -0.2) is 30.3 Å². The van der Waals surface area contributed by atoms with E-state index in [4.69, 9.17) is 9.84 Å². The van der Waals surface area contributed by atoms with Crippen LogP contribution in [0.1, 0.15) is 20.8 Å². The molecule has 0 saturated heterocycles. The lowest BCUT2D eigenvalue weighted by Gasteiger charge is -2.00. The second kappa shape index (κ2) is 12.3. The van der Waals surface area contributed by atoms with Crippen LogP contribution in [0.2, 0.25) is 0 Å². The van der Waals surface area contributed by atoms with E-state index in [1.165, 1.54) is 6.26 Å². The highest BCUT2D eigenvalue weighted by molar-refractivity contribution is 5.90. The normalized spacial score (nSPS) is 9.41. The number of hydrogen-bond donors (Lipinski definition) is 1. The molecule has 0 amide bonds. The maximum atomic E-state index is 10.4. The summed E-state index contributed by atoms with van der Waals surface area (Å²) in [6.45, 7) is 10.3. The van der Waals surface area contributed by atoms with Gasteiger partial charge in [0.25, 0.3) is 0 Å². The molecule has 0 unspecified atom stereocenters. The third-order valence-electron chi connectivity index (χ3n) is 1.20. The van der Waals surface area contributed by atoms with Gasteiger partial charge in [-0.2, -0.15) is 0 Å². The third-order valence-corrected chi connectivity index (χ3v) is 1.20. The summed E-state index contributed by atoms with van der Waals surface area (Å²) in [5.74, 6) is -1.18. The molecule has 0 aromatic carbocycles. The minimum absolute atomic E-state index is 0.253. The van der Waals surface area contributed by atoms with Crippen molar-refractivity contribution < 1.29 is 24.2 Å². The quantitative estimate of drug-likeness (QED) is 0.439. The topological polar surface area (TPSA) is 72.8 Å². The lowest BCUT2D eigenvalue weighted by atomic mass is 10.2. The van der Waals surface area contributed by atoms with E-state index < -0.39 is 11.9 Å². The first-order chi connectivity index (χ1) is 7.93. The van der Waals surface area contributed by atoms with Gasteiger partial charge in [-0.1, -0.05) is 20.4 Å². The van der Waals surface area contributed by atoms with Crippen molar-refractivity contribution in [1.82, 2.24) is 0 Å². The highest BCUT2D eigenvalue weighted by atomic mass is 16.5. The Hall–Kier alpha value is -1.78. The molecule has 0 saturated carbocycles. The molecular formula is C12H20O5. The Morgan fingerprint density at radius 3 is 2.24 bits per heavy atom. The maximum absolute atomic E-state index is 10.4. The number of carboxylic acids is 1. The average molecular weight is 244 g/mol. The molecule has 0 aliphatic carbocycles. The molecule has 0 spiro atoms. The van der Waals surface area contributed by atoms with Crippen LogP contribution in [0, 0.1) is 5.92 Å². The molecule has 0 bridgehead atoms. The molecule has 5 nitrogen and oxygen atoms in total. The maximum Gasteiger partial charge on any atom is 0.330 e.